The van der Waals surface area contributed by atoms with Crippen LogP contribution >= 0.6 is 11.6 Å². The summed E-state index contributed by atoms with van der Waals surface area (Å²) < 4.78 is 1.11. The molecular formula is C16H24ClN7O2. The van der Waals surface area contributed by atoms with Crippen molar-refractivity contribution in [3.63, 3.8) is 0 Å². The third-order valence-corrected chi connectivity index (χ3v) is 5.27. The van der Waals surface area contributed by atoms with Gasteiger partial charge in [-0.05, 0) is 37.0 Å². The Morgan fingerprint density at radius 2 is 2.00 bits per heavy atom. The summed E-state index contributed by atoms with van der Waals surface area (Å²) in [5.41, 5.74) is 7.10. The molecule has 0 spiro atoms. The van der Waals surface area contributed by atoms with Gasteiger partial charge in [-0.2, -0.15) is 10.6 Å². The number of guanidine groups is 1. The molecule has 1 aromatic heterocycles. The average Bonchev–Trinajstić information content (AvgIpc) is 2.58. The van der Waals surface area contributed by atoms with E-state index in [0.717, 1.165) is 35.4 Å². The van der Waals surface area contributed by atoms with Gasteiger partial charge in [-0.15, -0.1) is 0 Å². The molecule has 2 rings (SSSR count). The molecule has 26 heavy (non-hydrogen) atoms. The summed E-state index contributed by atoms with van der Waals surface area (Å²) in [7, 11) is 2.82. The lowest BCUT2D eigenvalue weighted by Crippen LogP contribution is -2.40. The van der Waals surface area contributed by atoms with Crippen LogP contribution in [0.1, 0.15) is 61.5 Å². The zero-order valence-electron chi connectivity index (χ0n) is 15.4. The largest absolute Gasteiger partial charge is 0.290 e. The summed E-state index contributed by atoms with van der Waals surface area (Å²) >= 11 is 6.40. The standard InChI is InChI=1S/C16H24ClN7O2/c1-16(2)7-5-9(6-8-16)10-11(17)12(21-23(3)14(10)26)13(25)20-15(18)24(4)22-19/h9,19H,5-8H2,1-4H3,(H2,18,20,25). The van der Waals surface area contributed by atoms with Crippen molar-refractivity contribution in [1.82, 2.24) is 20.1 Å². The maximum Gasteiger partial charge on any atom is 0.280 e. The zero-order chi connectivity index (χ0) is 19.6. The summed E-state index contributed by atoms with van der Waals surface area (Å²) in [5, 5.41) is 17.8. The highest BCUT2D eigenvalue weighted by molar-refractivity contribution is 6.34. The van der Waals surface area contributed by atoms with E-state index in [2.05, 4.69) is 29.5 Å². The Hall–Kier alpha value is -2.29. The number of rotatable bonds is 3. The van der Waals surface area contributed by atoms with E-state index in [1.807, 2.05) is 0 Å². The van der Waals surface area contributed by atoms with E-state index >= 15 is 0 Å². The smallest absolute Gasteiger partial charge is 0.280 e. The topological polar surface area (TPSA) is 127 Å². The number of aryl methyl sites for hydroxylation is 1. The highest BCUT2D eigenvalue weighted by Gasteiger charge is 2.32. The summed E-state index contributed by atoms with van der Waals surface area (Å²) in [4.78, 5) is 25.0. The van der Waals surface area contributed by atoms with Crippen LogP contribution in [0.25, 0.3) is 0 Å². The van der Waals surface area contributed by atoms with E-state index in [4.69, 9.17) is 22.5 Å². The van der Waals surface area contributed by atoms with Crippen molar-refractivity contribution in [3.8, 4) is 0 Å². The van der Waals surface area contributed by atoms with Gasteiger partial charge in [0.2, 0.25) is 5.96 Å². The number of amides is 1. The number of aromatic nitrogens is 2. The number of carbonyl (C=O) groups is 1. The zero-order valence-corrected chi connectivity index (χ0v) is 16.1. The van der Waals surface area contributed by atoms with Gasteiger partial charge in [0, 0.05) is 19.7 Å². The molecule has 0 aliphatic heterocycles. The van der Waals surface area contributed by atoms with E-state index in [1.54, 1.807) is 0 Å². The highest BCUT2D eigenvalue weighted by atomic mass is 35.5. The number of halogens is 1. The molecule has 1 aliphatic carbocycles. The van der Waals surface area contributed by atoms with Crippen LogP contribution in [0.15, 0.2) is 10.0 Å². The van der Waals surface area contributed by atoms with Crippen molar-refractivity contribution < 1.29 is 4.79 Å². The fourth-order valence-electron chi connectivity index (χ4n) is 3.12. The normalized spacial score (nSPS) is 16.8. The van der Waals surface area contributed by atoms with Crippen molar-refractivity contribution in [1.29, 1.82) is 10.9 Å². The average molecular weight is 382 g/mol. The van der Waals surface area contributed by atoms with Gasteiger partial charge >= 0.3 is 0 Å². The fraction of sp³-hybridized carbons (Fsp3) is 0.625. The first-order chi connectivity index (χ1) is 12.1. The van der Waals surface area contributed by atoms with E-state index in [9.17, 15) is 9.59 Å². The molecule has 0 saturated heterocycles. The minimum Gasteiger partial charge on any atom is -0.290 e. The number of carbonyl (C=O) groups excluding carboxylic acids is 1. The van der Waals surface area contributed by atoms with Crippen molar-refractivity contribution in [2.75, 3.05) is 7.05 Å². The number of nitrogens with zero attached hydrogens (tertiary/aromatic N) is 4. The highest BCUT2D eigenvalue weighted by Crippen LogP contribution is 2.43. The van der Waals surface area contributed by atoms with Crippen LogP contribution in [-0.2, 0) is 7.05 Å². The van der Waals surface area contributed by atoms with Crippen molar-refractivity contribution in [2.45, 2.75) is 45.4 Å². The van der Waals surface area contributed by atoms with Gasteiger partial charge in [0.15, 0.2) is 5.69 Å². The molecule has 1 aromatic rings. The maximum absolute atomic E-state index is 12.6. The molecule has 10 heteroatoms. The minimum absolute atomic E-state index is 0.0193. The quantitative estimate of drug-likeness (QED) is 0.322. The molecule has 1 heterocycles. The fourth-order valence-corrected chi connectivity index (χ4v) is 3.48. The molecule has 0 aromatic carbocycles. The summed E-state index contributed by atoms with van der Waals surface area (Å²) in [6, 6.07) is 0. The van der Waals surface area contributed by atoms with Gasteiger partial charge in [0.25, 0.3) is 11.5 Å². The van der Waals surface area contributed by atoms with E-state index in [0.29, 0.717) is 5.56 Å². The van der Waals surface area contributed by atoms with Crippen molar-refractivity contribution in [3.05, 3.63) is 26.6 Å². The Bertz CT molecular complexity index is 793. The van der Waals surface area contributed by atoms with Crippen LogP contribution in [0.3, 0.4) is 0 Å². The molecule has 9 nitrogen and oxygen atoms in total. The molecule has 0 unspecified atom stereocenters. The lowest BCUT2D eigenvalue weighted by atomic mass is 9.71. The van der Waals surface area contributed by atoms with Crippen molar-refractivity contribution in [2.24, 2.45) is 17.7 Å². The van der Waals surface area contributed by atoms with Gasteiger partial charge in [-0.3, -0.25) is 20.3 Å². The Morgan fingerprint density at radius 3 is 2.54 bits per heavy atom. The first-order valence-corrected chi connectivity index (χ1v) is 8.73. The van der Waals surface area contributed by atoms with Gasteiger partial charge in [-0.1, -0.05) is 30.7 Å². The summed E-state index contributed by atoms with van der Waals surface area (Å²) in [5.74, 6) is -1.13. The van der Waals surface area contributed by atoms with Crippen molar-refractivity contribution >= 4 is 23.5 Å². The lowest BCUT2D eigenvalue weighted by molar-refractivity contribution is 0.0965. The molecule has 1 amide bonds. The molecular weight excluding hydrogens is 358 g/mol. The van der Waals surface area contributed by atoms with Crippen LogP contribution in [0.2, 0.25) is 5.02 Å². The minimum atomic E-state index is -0.719. The Kier molecular flexibility index (Phi) is 5.80. The first-order valence-electron chi connectivity index (χ1n) is 8.35. The third kappa shape index (κ3) is 4.09. The Morgan fingerprint density at radius 1 is 1.42 bits per heavy atom. The lowest BCUT2D eigenvalue weighted by Gasteiger charge is -2.34. The van der Waals surface area contributed by atoms with Crippen LogP contribution in [0.4, 0.5) is 0 Å². The Balaban J connectivity index is 2.37. The van der Waals surface area contributed by atoms with Gasteiger partial charge < -0.3 is 0 Å². The second kappa shape index (κ2) is 7.53. The molecule has 1 fully saturated rings. The predicted molar refractivity (Wildman–Crippen MR) is 97.6 cm³/mol. The maximum atomic E-state index is 12.6. The van der Waals surface area contributed by atoms with E-state index < -0.39 is 11.9 Å². The molecule has 1 saturated carbocycles. The SMILES string of the molecule is CN(N=N)C(=N)NC(=O)c1nn(C)c(=O)c(C2CCC(C)(C)CC2)c1Cl. The third-order valence-electron chi connectivity index (χ3n) is 4.89. The van der Waals surface area contributed by atoms with Crippen LogP contribution in [-0.4, -0.2) is 33.7 Å². The van der Waals surface area contributed by atoms with Gasteiger partial charge in [0.1, 0.15) is 0 Å². The van der Waals surface area contributed by atoms with Crippen LogP contribution < -0.4 is 10.9 Å². The second-order valence-corrected chi connectivity index (χ2v) is 7.75. The summed E-state index contributed by atoms with van der Waals surface area (Å²) in [6.07, 6.45) is 3.59. The van der Waals surface area contributed by atoms with Gasteiger partial charge in [-0.25, -0.2) is 9.69 Å². The van der Waals surface area contributed by atoms with Gasteiger partial charge in [0.05, 0.1) is 5.02 Å². The molecule has 0 atom stereocenters. The summed E-state index contributed by atoms with van der Waals surface area (Å²) in [6.45, 7) is 4.40. The molecule has 0 radical (unpaired) electrons. The molecule has 1 aliphatic rings. The number of hydrogen-bond donors (Lipinski definition) is 3. The Labute approximate surface area is 156 Å². The predicted octanol–water partition coefficient (Wildman–Crippen LogP) is 2.66. The number of hydrogen-bond acceptors (Lipinski definition) is 6. The molecule has 0 bridgehead atoms. The monoisotopic (exact) mass is 381 g/mol. The molecule has 3 N–H and O–H groups in total. The van der Waals surface area contributed by atoms with E-state index in [-0.39, 0.29) is 27.6 Å². The first kappa shape index (κ1) is 20.0. The number of nitrogens with one attached hydrogen (secondary N) is 3. The van der Waals surface area contributed by atoms with Crippen LogP contribution in [0, 0.1) is 16.4 Å². The second-order valence-electron chi connectivity index (χ2n) is 7.37. The molecule has 142 valence electrons. The van der Waals surface area contributed by atoms with E-state index in [1.165, 1.54) is 14.1 Å². The van der Waals surface area contributed by atoms with Crippen LogP contribution in [0.5, 0.6) is 0 Å².